The third kappa shape index (κ3) is 3.60. The number of anilines is 1. The van der Waals surface area contributed by atoms with E-state index in [0.29, 0.717) is 25.1 Å². The number of piperidine rings is 1. The van der Waals surface area contributed by atoms with E-state index in [0.717, 1.165) is 6.07 Å². The third-order valence-electron chi connectivity index (χ3n) is 3.14. The lowest BCUT2D eigenvalue weighted by Crippen LogP contribution is -2.49. The molecule has 1 saturated heterocycles. The Morgan fingerprint density at radius 3 is 2.90 bits per heavy atom. The van der Waals surface area contributed by atoms with Crippen molar-refractivity contribution in [3.8, 4) is 0 Å². The largest absolute Gasteiger partial charge is 0.344 e. The van der Waals surface area contributed by atoms with E-state index in [1.54, 1.807) is 11.9 Å². The number of carbonyl (C=O) groups excluding carboxylic acids is 2. The molecule has 7 heteroatoms. The number of likely N-dealkylation sites (tertiary alicyclic amines) is 1. The molecule has 1 atom stereocenters. The molecule has 0 radical (unpaired) electrons. The van der Waals surface area contributed by atoms with Gasteiger partial charge in [-0.1, -0.05) is 11.6 Å². The minimum absolute atomic E-state index is 0.00313. The number of nitrogens with one attached hydrogen (secondary N) is 2. The molecule has 0 aromatic heterocycles. The van der Waals surface area contributed by atoms with Gasteiger partial charge < -0.3 is 15.5 Å². The van der Waals surface area contributed by atoms with E-state index in [4.69, 9.17) is 11.6 Å². The van der Waals surface area contributed by atoms with Gasteiger partial charge in [0.05, 0.1) is 5.02 Å². The minimum atomic E-state index is -0.590. The van der Waals surface area contributed by atoms with Crippen LogP contribution >= 0.6 is 11.6 Å². The fourth-order valence-corrected chi connectivity index (χ4v) is 2.17. The standard InChI is InChI=1S/C13H15ClFN3O2/c1-18-7-9(3-5-12(18)19)17-13(20)16-8-2-4-10(14)11(15)6-8/h2,4,6,9H,3,5,7H2,1H3,(H2,16,17,20)/t9-/m0/s1. The van der Waals surface area contributed by atoms with Gasteiger partial charge in [0.15, 0.2) is 0 Å². The fourth-order valence-electron chi connectivity index (χ4n) is 2.06. The molecule has 3 amide bonds. The molecule has 1 aliphatic heterocycles. The Morgan fingerprint density at radius 1 is 1.50 bits per heavy atom. The highest BCUT2D eigenvalue weighted by Gasteiger charge is 2.23. The normalized spacial score (nSPS) is 18.9. The van der Waals surface area contributed by atoms with Gasteiger partial charge in [0.2, 0.25) is 5.91 Å². The highest BCUT2D eigenvalue weighted by molar-refractivity contribution is 6.30. The van der Waals surface area contributed by atoms with E-state index in [9.17, 15) is 14.0 Å². The number of hydrogen-bond donors (Lipinski definition) is 2. The summed E-state index contributed by atoms with van der Waals surface area (Å²) < 4.78 is 13.2. The highest BCUT2D eigenvalue weighted by atomic mass is 35.5. The predicted octanol–water partition coefficient (Wildman–Crippen LogP) is 2.22. The van der Waals surface area contributed by atoms with Crippen LogP contribution in [0.4, 0.5) is 14.9 Å². The number of amides is 3. The molecule has 1 fully saturated rings. The Morgan fingerprint density at radius 2 is 2.25 bits per heavy atom. The third-order valence-corrected chi connectivity index (χ3v) is 3.45. The van der Waals surface area contributed by atoms with Gasteiger partial charge in [-0.2, -0.15) is 0 Å². The Bertz CT molecular complexity index is 538. The van der Waals surface area contributed by atoms with Crippen LogP contribution in [-0.2, 0) is 4.79 Å². The zero-order chi connectivity index (χ0) is 14.7. The molecule has 1 aromatic carbocycles. The van der Waals surface area contributed by atoms with Crippen molar-refractivity contribution in [1.29, 1.82) is 0 Å². The molecular weight excluding hydrogens is 285 g/mol. The van der Waals surface area contributed by atoms with E-state index < -0.39 is 11.8 Å². The first-order valence-corrected chi connectivity index (χ1v) is 6.60. The van der Waals surface area contributed by atoms with Crippen molar-refractivity contribution in [3.05, 3.63) is 29.0 Å². The van der Waals surface area contributed by atoms with Crippen LogP contribution in [0.1, 0.15) is 12.8 Å². The molecule has 0 bridgehead atoms. The minimum Gasteiger partial charge on any atom is -0.344 e. The zero-order valence-electron chi connectivity index (χ0n) is 11.0. The van der Waals surface area contributed by atoms with Gasteiger partial charge in [0.1, 0.15) is 5.82 Å². The first-order valence-electron chi connectivity index (χ1n) is 6.22. The summed E-state index contributed by atoms with van der Waals surface area (Å²) in [6.07, 6.45) is 1.02. The summed E-state index contributed by atoms with van der Waals surface area (Å²) >= 11 is 5.56. The summed E-state index contributed by atoms with van der Waals surface area (Å²) in [6, 6.07) is 3.51. The molecule has 0 unspecified atom stereocenters. The van der Waals surface area contributed by atoms with Crippen molar-refractivity contribution in [3.63, 3.8) is 0 Å². The van der Waals surface area contributed by atoms with E-state index in [1.807, 2.05) is 0 Å². The average Bonchev–Trinajstić information content (AvgIpc) is 2.38. The number of nitrogens with zero attached hydrogens (tertiary/aromatic N) is 1. The lowest BCUT2D eigenvalue weighted by molar-refractivity contribution is -0.132. The second-order valence-corrected chi connectivity index (χ2v) is 5.14. The number of likely N-dealkylation sites (N-methyl/N-ethyl adjacent to an activating group) is 1. The maximum atomic E-state index is 13.2. The van der Waals surface area contributed by atoms with Gasteiger partial charge in [-0.3, -0.25) is 4.79 Å². The second kappa shape index (κ2) is 6.09. The Kier molecular flexibility index (Phi) is 4.44. The number of halogens is 2. The highest BCUT2D eigenvalue weighted by Crippen LogP contribution is 2.18. The van der Waals surface area contributed by atoms with Crippen molar-refractivity contribution >= 4 is 29.2 Å². The lowest BCUT2D eigenvalue weighted by atomic mass is 10.1. The molecule has 0 saturated carbocycles. The van der Waals surface area contributed by atoms with Crippen molar-refractivity contribution < 1.29 is 14.0 Å². The number of rotatable bonds is 2. The fraction of sp³-hybridized carbons (Fsp3) is 0.385. The second-order valence-electron chi connectivity index (χ2n) is 4.74. The maximum Gasteiger partial charge on any atom is 0.319 e. The summed E-state index contributed by atoms with van der Waals surface area (Å²) in [5.41, 5.74) is 0.324. The average molecular weight is 300 g/mol. The number of benzene rings is 1. The lowest BCUT2D eigenvalue weighted by Gasteiger charge is -2.30. The Labute approximate surface area is 121 Å². The summed E-state index contributed by atoms with van der Waals surface area (Å²) in [4.78, 5) is 24.7. The summed E-state index contributed by atoms with van der Waals surface area (Å²) in [5.74, 6) is -0.518. The number of urea groups is 1. The number of hydrogen-bond acceptors (Lipinski definition) is 2. The van der Waals surface area contributed by atoms with Gasteiger partial charge in [-0.25, -0.2) is 9.18 Å². The summed E-state index contributed by atoms with van der Waals surface area (Å²) in [6.45, 7) is 0.473. The first-order chi connectivity index (χ1) is 9.45. The molecule has 2 N–H and O–H groups in total. The van der Waals surface area contributed by atoms with E-state index >= 15 is 0 Å². The molecule has 1 heterocycles. The van der Waals surface area contributed by atoms with Crippen molar-refractivity contribution in [2.24, 2.45) is 0 Å². The quantitative estimate of drug-likeness (QED) is 0.879. The zero-order valence-corrected chi connectivity index (χ0v) is 11.7. The smallest absolute Gasteiger partial charge is 0.319 e. The predicted molar refractivity (Wildman–Crippen MR) is 74.2 cm³/mol. The van der Waals surface area contributed by atoms with E-state index in [1.165, 1.54) is 12.1 Å². The van der Waals surface area contributed by atoms with Crippen LogP contribution in [0.15, 0.2) is 18.2 Å². The van der Waals surface area contributed by atoms with Gasteiger partial charge in [0, 0.05) is 31.7 Å². The van der Waals surface area contributed by atoms with Crippen LogP contribution in [0.5, 0.6) is 0 Å². The topological polar surface area (TPSA) is 61.4 Å². The number of carbonyl (C=O) groups is 2. The first kappa shape index (κ1) is 14.6. The van der Waals surface area contributed by atoms with Crippen LogP contribution in [0.2, 0.25) is 5.02 Å². The molecule has 0 aliphatic carbocycles. The molecule has 20 heavy (non-hydrogen) atoms. The van der Waals surface area contributed by atoms with Crippen molar-refractivity contribution in [1.82, 2.24) is 10.2 Å². The SMILES string of the molecule is CN1C[C@@H](NC(=O)Nc2ccc(Cl)c(F)c2)CCC1=O. The Balaban J connectivity index is 1.89. The molecule has 2 rings (SSSR count). The Hall–Kier alpha value is -1.82. The van der Waals surface area contributed by atoms with Crippen LogP contribution in [-0.4, -0.2) is 36.5 Å². The molecule has 1 aliphatic rings. The molecule has 0 spiro atoms. The van der Waals surface area contributed by atoms with E-state index in [2.05, 4.69) is 10.6 Å². The van der Waals surface area contributed by atoms with Gasteiger partial charge in [-0.05, 0) is 24.6 Å². The molecule has 1 aromatic rings. The molecule has 5 nitrogen and oxygen atoms in total. The van der Waals surface area contributed by atoms with Gasteiger partial charge in [0.25, 0.3) is 0 Å². The molecular formula is C13H15ClFN3O2. The van der Waals surface area contributed by atoms with Crippen molar-refractivity contribution in [2.45, 2.75) is 18.9 Å². The van der Waals surface area contributed by atoms with Crippen molar-refractivity contribution in [2.75, 3.05) is 18.9 Å². The maximum absolute atomic E-state index is 13.2. The monoisotopic (exact) mass is 299 g/mol. The van der Waals surface area contributed by atoms with Crippen LogP contribution in [0.25, 0.3) is 0 Å². The summed E-state index contributed by atoms with van der Waals surface area (Å²) in [5, 5.41) is 5.29. The van der Waals surface area contributed by atoms with Crippen LogP contribution in [0.3, 0.4) is 0 Å². The molecule has 108 valence electrons. The van der Waals surface area contributed by atoms with Gasteiger partial charge >= 0.3 is 6.03 Å². The van der Waals surface area contributed by atoms with Crippen LogP contribution in [0, 0.1) is 5.82 Å². The van der Waals surface area contributed by atoms with Gasteiger partial charge in [-0.15, -0.1) is 0 Å². The van der Waals surface area contributed by atoms with Crippen LogP contribution < -0.4 is 10.6 Å². The van der Waals surface area contributed by atoms with E-state index in [-0.39, 0.29) is 17.0 Å². The summed E-state index contributed by atoms with van der Waals surface area (Å²) in [7, 11) is 1.70.